The highest BCUT2D eigenvalue weighted by Gasteiger charge is 2.36. The zero-order valence-electron chi connectivity index (χ0n) is 8.41. The van der Waals surface area contributed by atoms with Crippen LogP contribution in [0.1, 0.15) is 34.8 Å². The number of hydrogen-bond acceptors (Lipinski definition) is 1. The SMILES string of the molecule is CC(=O)c1cc(C(F)F)cc(C(F)(F)F)c1F. The predicted octanol–water partition coefficient (Wildman–Crippen LogP) is 3.98. The fraction of sp³-hybridized carbons (Fsp3) is 0.300. The molecule has 0 heterocycles. The van der Waals surface area contributed by atoms with Crippen molar-refractivity contribution in [3.63, 3.8) is 0 Å². The van der Waals surface area contributed by atoms with Crippen molar-refractivity contribution in [1.29, 1.82) is 0 Å². The van der Waals surface area contributed by atoms with Crippen LogP contribution in [0.5, 0.6) is 0 Å². The topological polar surface area (TPSA) is 17.1 Å². The fourth-order valence-corrected chi connectivity index (χ4v) is 1.24. The summed E-state index contributed by atoms with van der Waals surface area (Å²) in [6.07, 6.45) is -8.34. The number of Topliss-reactive ketones (excluding diaryl/α,β-unsaturated/α-hetero) is 1. The number of alkyl halides is 5. The monoisotopic (exact) mass is 256 g/mol. The lowest BCUT2D eigenvalue weighted by Gasteiger charge is -2.12. The molecule has 0 saturated heterocycles. The maximum atomic E-state index is 13.3. The van der Waals surface area contributed by atoms with E-state index in [-0.39, 0.29) is 6.07 Å². The van der Waals surface area contributed by atoms with Gasteiger partial charge in [0.05, 0.1) is 11.1 Å². The Bertz CT molecular complexity index is 449. The summed E-state index contributed by atoms with van der Waals surface area (Å²) in [5.74, 6) is -2.87. The Hall–Kier alpha value is -1.53. The number of halogens is 6. The molecule has 0 radical (unpaired) electrons. The van der Waals surface area contributed by atoms with E-state index in [1.165, 1.54) is 0 Å². The number of ketones is 1. The van der Waals surface area contributed by atoms with E-state index in [0.29, 0.717) is 6.07 Å². The van der Waals surface area contributed by atoms with E-state index < -0.39 is 40.9 Å². The third kappa shape index (κ3) is 2.78. The van der Waals surface area contributed by atoms with Crippen LogP contribution in [-0.2, 0) is 6.18 Å². The van der Waals surface area contributed by atoms with Gasteiger partial charge in [-0.15, -0.1) is 0 Å². The van der Waals surface area contributed by atoms with Crippen LogP contribution in [0.4, 0.5) is 26.3 Å². The molecule has 0 amide bonds. The zero-order chi connectivity index (χ0) is 13.4. The molecule has 0 fully saturated rings. The van der Waals surface area contributed by atoms with Crippen molar-refractivity contribution in [2.45, 2.75) is 19.5 Å². The molecule has 0 aromatic heterocycles. The van der Waals surface area contributed by atoms with Crippen LogP contribution in [-0.4, -0.2) is 5.78 Å². The molecular weight excluding hydrogens is 250 g/mol. The van der Waals surface area contributed by atoms with Gasteiger partial charge in [-0.25, -0.2) is 13.2 Å². The van der Waals surface area contributed by atoms with Gasteiger partial charge in [0.1, 0.15) is 5.82 Å². The Balaban J connectivity index is 3.55. The normalized spacial score (nSPS) is 12.0. The number of benzene rings is 1. The molecule has 0 aliphatic carbocycles. The maximum Gasteiger partial charge on any atom is 0.419 e. The molecule has 1 aromatic carbocycles. The van der Waals surface area contributed by atoms with Crippen molar-refractivity contribution < 1.29 is 31.1 Å². The van der Waals surface area contributed by atoms with Crippen LogP contribution >= 0.6 is 0 Å². The molecule has 17 heavy (non-hydrogen) atoms. The lowest BCUT2D eigenvalue weighted by Crippen LogP contribution is -2.13. The zero-order valence-corrected chi connectivity index (χ0v) is 8.41. The first kappa shape index (κ1) is 13.5. The minimum atomic E-state index is -5.13. The van der Waals surface area contributed by atoms with Crippen LogP contribution < -0.4 is 0 Å². The minimum absolute atomic E-state index is 0.00639. The summed E-state index contributed by atoms with van der Waals surface area (Å²) in [4.78, 5) is 10.9. The lowest BCUT2D eigenvalue weighted by molar-refractivity contribution is -0.140. The number of rotatable bonds is 2. The number of carbonyl (C=O) groups excluding carboxylic acids is 1. The van der Waals surface area contributed by atoms with Crippen LogP contribution in [0.3, 0.4) is 0 Å². The van der Waals surface area contributed by atoms with Gasteiger partial charge in [-0.2, -0.15) is 13.2 Å². The summed E-state index contributed by atoms with van der Waals surface area (Å²) in [5, 5.41) is 0. The summed E-state index contributed by atoms with van der Waals surface area (Å²) in [6, 6.07) is 0.435. The van der Waals surface area contributed by atoms with E-state index in [1.807, 2.05) is 0 Å². The van der Waals surface area contributed by atoms with Crippen molar-refractivity contribution in [3.8, 4) is 0 Å². The smallest absolute Gasteiger partial charge is 0.294 e. The van der Waals surface area contributed by atoms with Crippen molar-refractivity contribution in [1.82, 2.24) is 0 Å². The first-order valence-corrected chi connectivity index (χ1v) is 4.34. The molecular formula is C10H6F6O. The molecule has 1 rings (SSSR count). The highest BCUT2D eigenvalue weighted by atomic mass is 19.4. The highest BCUT2D eigenvalue weighted by molar-refractivity contribution is 5.94. The molecule has 0 aliphatic heterocycles. The van der Waals surface area contributed by atoms with Gasteiger partial charge >= 0.3 is 6.18 Å². The van der Waals surface area contributed by atoms with Crippen molar-refractivity contribution in [2.24, 2.45) is 0 Å². The van der Waals surface area contributed by atoms with E-state index >= 15 is 0 Å². The summed E-state index contributed by atoms with van der Waals surface area (Å²) < 4.78 is 74.9. The van der Waals surface area contributed by atoms with Crippen LogP contribution in [0.25, 0.3) is 0 Å². The molecule has 0 N–H and O–H groups in total. The molecule has 0 unspecified atom stereocenters. The second-order valence-corrected chi connectivity index (χ2v) is 3.28. The van der Waals surface area contributed by atoms with Crippen molar-refractivity contribution in [2.75, 3.05) is 0 Å². The first-order chi connectivity index (χ1) is 7.64. The second kappa shape index (κ2) is 4.38. The molecule has 0 atom stereocenters. The van der Waals surface area contributed by atoms with Gasteiger partial charge in [0.25, 0.3) is 6.43 Å². The van der Waals surface area contributed by atoms with Crippen LogP contribution in [0.2, 0.25) is 0 Å². The Morgan fingerprint density at radius 1 is 1.24 bits per heavy atom. The predicted molar refractivity (Wildman–Crippen MR) is 46.4 cm³/mol. The van der Waals surface area contributed by atoms with Gasteiger partial charge < -0.3 is 0 Å². The summed E-state index contributed by atoms with van der Waals surface area (Å²) in [6.45, 7) is 0.799. The number of hydrogen-bond donors (Lipinski definition) is 0. The van der Waals surface area contributed by atoms with Gasteiger partial charge in [0.2, 0.25) is 0 Å². The number of carbonyl (C=O) groups is 1. The maximum absolute atomic E-state index is 13.3. The highest BCUT2D eigenvalue weighted by Crippen LogP contribution is 2.35. The quantitative estimate of drug-likeness (QED) is 0.577. The lowest BCUT2D eigenvalue weighted by atomic mass is 10.0. The molecule has 1 nitrogen and oxygen atoms in total. The van der Waals surface area contributed by atoms with Gasteiger partial charge in [0.15, 0.2) is 5.78 Å². The second-order valence-electron chi connectivity index (χ2n) is 3.28. The van der Waals surface area contributed by atoms with E-state index in [2.05, 4.69) is 0 Å². The van der Waals surface area contributed by atoms with Gasteiger partial charge in [-0.3, -0.25) is 4.79 Å². The summed E-state index contributed by atoms with van der Waals surface area (Å²) in [7, 11) is 0. The summed E-state index contributed by atoms with van der Waals surface area (Å²) >= 11 is 0. The molecule has 7 heteroatoms. The molecule has 0 saturated carbocycles. The van der Waals surface area contributed by atoms with Gasteiger partial charge in [-0.1, -0.05) is 0 Å². The van der Waals surface area contributed by atoms with E-state index in [9.17, 15) is 31.1 Å². The van der Waals surface area contributed by atoms with E-state index in [1.54, 1.807) is 0 Å². The standard InChI is InChI=1S/C10H6F6O/c1-4(17)6-2-5(9(12)13)3-7(8(6)11)10(14,15)16/h2-3,9H,1H3. The Morgan fingerprint density at radius 3 is 2.12 bits per heavy atom. The van der Waals surface area contributed by atoms with Crippen LogP contribution in [0, 0.1) is 5.82 Å². The van der Waals surface area contributed by atoms with Gasteiger partial charge in [0, 0.05) is 5.56 Å². The molecule has 0 spiro atoms. The third-order valence-electron chi connectivity index (χ3n) is 2.03. The van der Waals surface area contributed by atoms with Crippen LogP contribution in [0.15, 0.2) is 12.1 Å². The van der Waals surface area contributed by atoms with Crippen molar-refractivity contribution in [3.05, 3.63) is 34.6 Å². The average Bonchev–Trinajstić information content (AvgIpc) is 2.15. The minimum Gasteiger partial charge on any atom is -0.294 e. The van der Waals surface area contributed by atoms with E-state index in [4.69, 9.17) is 0 Å². The Kier molecular flexibility index (Phi) is 3.49. The largest absolute Gasteiger partial charge is 0.419 e. The molecule has 94 valence electrons. The first-order valence-electron chi connectivity index (χ1n) is 4.34. The average molecular weight is 256 g/mol. The fourth-order valence-electron chi connectivity index (χ4n) is 1.24. The Morgan fingerprint density at radius 2 is 1.76 bits per heavy atom. The Labute approximate surface area is 92.0 Å². The molecule has 0 bridgehead atoms. The van der Waals surface area contributed by atoms with Crippen molar-refractivity contribution >= 4 is 5.78 Å². The van der Waals surface area contributed by atoms with E-state index in [0.717, 1.165) is 6.92 Å². The molecule has 0 aliphatic rings. The molecule has 1 aromatic rings. The third-order valence-corrected chi connectivity index (χ3v) is 2.03. The van der Waals surface area contributed by atoms with Gasteiger partial charge in [-0.05, 0) is 19.1 Å². The summed E-state index contributed by atoms with van der Waals surface area (Å²) in [5.41, 5.74) is -3.89.